The molecule has 0 unspecified atom stereocenters. The molecule has 0 aromatic carbocycles. The number of anilines is 1. The molecule has 1 N–H and O–H groups in total. The highest BCUT2D eigenvalue weighted by molar-refractivity contribution is 9.11. The second kappa shape index (κ2) is 5.84. The maximum absolute atomic E-state index is 11.9. The van der Waals surface area contributed by atoms with Gasteiger partial charge in [-0.1, -0.05) is 36.4 Å². The van der Waals surface area contributed by atoms with Crippen molar-refractivity contribution in [1.82, 2.24) is 9.55 Å². The van der Waals surface area contributed by atoms with Crippen LogP contribution in [-0.4, -0.2) is 16.1 Å². The molecule has 0 saturated heterocycles. The number of nitrogens with zero attached hydrogens (tertiary/aromatic N) is 2. The summed E-state index contributed by atoms with van der Waals surface area (Å²) >= 11 is 3.22. The quantitative estimate of drug-likeness (QED) is 0.902. The van der Waals surface area contributed by atoms with E-state index >= 15 is 0 Å². The molecule has 0 aliphatic heterocycles. The van der Waals surface area contributed by atoms with Crippen LogP contribution in [0.25, 0.3) is 0 Å². The van der Waals surface area contributed by atoms with Gasteiger partial charge in [-0.05, 0) is 5.92 Å². The van der Waals surface area contributed by atoms with Gasteiger partial charge in [0, 0.05) is 30.0 Å². The molecular weight excluding hydrogens is 270 g/mol. The van der Waals surface area contributed by atoms with E-state index in [1.54, 1.807) is 17.0 Å². The lowest BCUT2D eigenvalue weighted by molar-refractivity contribution is 0.509. The largest absolute Gasteiger partial charge is 0.361 e. The van der Waals surface area contributed by atoms with Gasteiger partial charge in [0.25, 0.3) is 5.56 Å². The molecule has 0 aliphatic rings. The topological polar surface area (TPSA) is 46.9 Å². The lowest BCUT2D eigenvalue weighted by Gasteiger charge is -2.10. The van der Waals surface area contributed by atoms with Crippen LogP contribution in [0.4, 0.5) is 5.82 Å². The van der Waals surface area contributed by atoms with E-state index in [9.17, 15) is 4.79 Å². The minimum absolute atomic E-state index is 0.0926. The van der Waals surface area contributed by atoms with Crippen molar-refractivity contribution >= 4 is 21.7 Å². The molecule has 0 radical (unpaired) electrons. The van der Waals surface area contributed by atoms with Crippen LogP contribution in [0.15, 0.2) is 28.2 Å². The summed E-state index contributed by atoms with van der Waals surface area (Å²) in [5.74, 6) is 0.794. The Kier molecular flexibility index (Phi) is 4.73. The summed E-state index contributed by atoms with van der Waals surface area (Å²) in [6.45, 7) is 9.02. The van der Waals surface area contributed by atoms with Gasteiger partial charge in [0.15, 0.2) is 5.82 Å². The third-order valence-electron chi connectivity index (χ3n) is 1.92. The van der Waals surface area contributed by atoms with Gasteiger partial charge in [0.1, 0.15) is 0 Å². The zero-order valence-corrected chi connectivity index (χ0v) is 11.1. The van der Waals surface area contributed by atoms with Crippen molar-refractivity contribution in [2.24, 2.45) is 5.92 Å². The Labute approximate surface area is 104 Å². The molecule has 0 amide bonds. The molecule has 0 atom stereocenters. The first kappa shape index (κ1) is 13.0. The fraction of sp³-hybridized carbons (Fsp3) is 0.455. The van der Waals surface area contributed by atoms with E-state index in [1.807, 2.05) is 0 Å². The van der Waals surface area contributed by atoms with Gasteiger partial charge < -0.3 is 9.88 Å². The Morgan fingerprint density at radius 1 is 1.69 bits per heavy atom. The first-order valence-corrected chi connectivity index (χ1v) is 5.92. The summed E-state index contributed by atoms with van der Waals surface area (Å²) in [6, 6.07) is 0. The number of rotatable bonds is 5. The Hall–Kier alpha value is -1.10. The van der Waals surface area contributed by atoms with Crippen LogP contribution < -0.4 is 10.9 Å². The molecule has 16 heavy (non-hydrogen) atoms. The van der Waals surface area contributed by atoms with E-state index in [2.05, 4.69) is 46.7 Å². The first-order valence-electron chi connectivity index (χ1n) is 5.13. The summed E-state index contributed by atoms with van der Waals surface area (Å²) in [5, 5.41) is 2.94. The van der Waals surface area contributed by atoms with Gasteiger partial charge in [-0.2, -0.15) is 0 Å². The molecule has 1 aromatic rings. The third-order valence-corrected chi connectivity index (χ3v) is 2.20. The number of nitrogens with one attached hydrogen (secondary N) is 1. The van der Waals surface area contributed by atoms with Crippen molar-refractivity contribution in [3.63, 3.8) is 0 Å². The van der Waals surface area contributed by atoms with Crippen molar-refractivity contribution in [3.05, 3.63) is 33.8 Å². The van der Waals surface area contributed by atoms with Gasteiger partial charge in [0.2, 0.25) is 0 Å². The fourth-order valence-electron chi connectivity index (χ4n) is 1.29. The van der Waals surface area contributed by atoms with Crippen LogP contribution in [0.2, 0.25) is 0 Å². The van der Waals surface area contributed by atoms with Crippen molar-refractivity contribution in [1.29, 1.82) is 0 Å². The molecule has 88 valence electrons. The first-order chi connectivity index (χ1) is 7.50. The minimum Gasteiger partial charge on any atom is -0.361 e. The van der Waals surface area contributed by atoms with E-state index in [4.69, 9.17) is 0 Å². The Bertz CT molecular complexity index is 425. The fourth-order valence-corrected chi connectivity index (χ4v) is 1.43. The van der Waals surface area contributed by atoms with E-state index in [-0.39, 0.29) is 5.56 Å². The van der Waals surface area contributed by atoms with Crippen LogP contribution in [-0.2, 0) is 6.54 Å². The van der Waals surface area contributed by atoms with Gasteiger partial charge in [-0.3, -0.25) is 4.79 Å². The molecule has 1 rings (SSSR count). The predicted octanol–water partition coefficient (Wildman–Crippen LogP) is 2.22. The van der Waals surface area contributed by atoms with E-state index in [0.29, 0.717) is 24.8 Å². The SMILES string of the molecule is C=C(Br)CNc1nccn(CC(C)C)c1=O. The standard InChI is InChI=1S/C11H16BrN3O/c1-8(2)7-15-5-4-13-10(11(15)16)14-6-9(3)12/h4-5,8H,3,6-7H2,1-2H3,(H,13,14). The molecule has 0 fully saturated rings. The predicted molar refractivity (Wildman–Crippen MR) is 69.9 cm³/mol. The second-order valence-electron chi connectivity index (χ2n) is 4.00. The van der Waals surface area contributed by atoms with Crippen molar-refractivity contribution in [2.45, 2.75) is 20.4 Å². The molecule has 0 spiro atoms. The highest BCUT2D eigenvalue weighted by Gasteiger charge is 2.05. The van der Waals surface area contributed by atoms with Crippen molar-refractivity contribution in [2.75, 3.05) is 11.9 Å². The maximum Gasteiger partial charge on any atom is 0.293 e. The van der Waals surface area contributed by atoms with E-state index in [1.165, 1.54) is 0 Å². The average Bonchev–Trinajstić information content (AvgIpc) is 2.18. The summed E-state index contributed by atoms with van der Waals surface area (Å²) in [6.07, 6.45) is 3.33. The number of halogens is 1. The smallest absolute Gasteiger partial charge is 0.293 e. The van der Waals surface area contributed by atoms with Crippen LogP contribution in [0, 0.1) is 5.92 Å². The molecule has 4 nitrogen and oxygen atoms in total. The second-order valence-corrected chi connectivity index (χ2v) is 5.12. The molecule has 0 aliphatic carbocycles. The molecule has 1 aromatic heterocycles. The highest BCUT2D eigenvalue weighted by Crippen LogP contribution is 2.02. The van der Waals surface area contributed by atoms with Crippen LogP contribution in [0.1, 0.15) is 13.8 Å². The molecule has 0 bridgehead atoms. The number of hydrogen-bond acceptors (Lipinski definition) is 3. The zero-order chi connectivity index (χ0) is 12.1. The molecule has 1 heterocycles. The number of aromatic nitrogens is 2. The van der Waals surface area contributed by atoms with E-state index < -0.39 is 0 Å². The summed E-state index contributed by atoms with van der Waals surface area (Å²) in [5.41, 5.74) is -0.0926. The molecular formula is C11H16BrN3O. The zero-order valence-electron chi connectivity index (χ0n) is 9.53. The van der Waals surface area contributed by atoms with Gasteiger partial charge in [-0.15, -0.1) is 0 Å². The minimum atomic E-state index is -0.0926. The van der Waals surface area contributed by atoms with Crippen LogP contribution >= 0.6 is 15.9 Å². The normalized spacial score (nSPS) is 10.5. The Balaban J connectivity index is 2.86. The summed E-state index contributed by atoms with van der Waals surface area (Å²) < 4.78 is 2.45. The molecule has 0 saturated carbocycles. The third kappa shape index (κ3) is 3.81. The monoisotopic (exact) mass is 285 g/mol. The maximum atomic E-state index is 11.9. The number of hydrogen-bond donors (Lipinski definition) is 1. The molecule has 5 heteroatoms. The highest BCUT2D eigenvalue weighted by atomic mass is 79.9. The van der Waals surface area contributed by atoms with Gasteiger partial charge in [0.05, 0.1) is 0 Å². The van der Waals surface area contributed by atoms with Crippen LogP contribution in [0.3, 0.4) is 0 Å². The summed E-state index contributed by atoms with van der Waals surface area (Å²) in [4.78, 5) is 15.9. The lowest BCUT2D eigenvalue weighted by atomic mass is 10.2. The van der Waals surface area contributed by atoms with Gasteiger partial charge in [-0.25, -0.2) is 4.98 Å². The van der Waals surface area contributed by atoms with Gasteiger partial charge >= 0.3 is 0 Å². The Morgan fingerprint density at radius 2 is 2.38 bits per heavy atom. The van der Waals surface area contributed by atoms with Crippen molar-refractivity contribution in [3.8, 4) is 0 Å². The lowest BCUT2D eigenvalue weighted by Crippen LogP contribution is -2.26. The van der Waals surface area contributed by atoms with E-state index in [0.717, 1.165) is 4.48 Å². The summed E-state index contributed by atoms with van der Waals surface area (Å²) in [7, 11) is 0. The average molecular weight is 286 g/mol. The van der Waals surface area contributed by atoms with Crippen LogP contribution in [0.5, 0.6) is 0 Å². The van der Waals surface area contributed by atoms with Crippen molar-refractivity contribution < 1.29 is 0 Å². The Morgan fingerprint density at radius 3 is 2.94 bits per heavy atom.